The fourth-order valence-corrected chi connectivity index (χ4v) is 4.18. The number of hydrogen-bond acceptors (Lipinski definition) is 4. The van der Waals surface area contributed by atoms with Crippen LogP contribution in [0.1, 0.15) is 16.7 Å². The van der Waals surface area contributed by atoms with Crippen LogP contribution in [-0.2, 0) is 11.8 Å². The largest absolute Gasteiger partial charge is 0.573 e. The Bertz CT molecular complexity index is 1180. The SMILES string of the molecule is CN(CCO)C(=O)NCC(Cc1ccccc1)(c1cccc(OC(F)(F)F)c1)c1cccc(OC(F)(F)F)c1. The lowest BCUT2D eigenvalue weighted by molar-refractivity contribution is -0.275. The predicted octanol–water partition coefficient (Wildman–Crippen LogP) is 5.65. The Hall–Kier alpha value is -3.93. The molecule has 0 radical (unpaired) electrons. The van der Waals surface area contributed by atoms with Gasteiger partial charge in [-0.05, 0) is 47.4 Å². The molecule has 210 valence electrons. The second-order valence-corrected chi connectivity index (χ2v) is 8.70. The molecule has 0 aliphatic rings. The molecule has 0 saturated heterocycles. The standard InChI is InChI=1S/C27H26F6N2O4/c1-35(13-14-36)24(37)34-18-25(17-19-7-3-2-4-8-19,20-9-5-11-22(15-20)38-26(28,29)30)21-10-6-12-23(16-21)39-27(31,32)33/h2-12,15-16,36H,13-14,17-18H2,1H3,(H,34,37). The van der Waals surface area contributed by atoms with Gasteiger partial charge in [-0.2, -0.15) is 0 Å². The van der Waals surface area contributed by atoms with Gasteiger partial charge in [-0.3, -0.25) is 0 Å². The Morgan fingerprint density at radius 3 is 1.79 bits per heavy atom. The van der Waals surface area contributed by atoms with Gasteiger partial charge in [-0.25, -0.2) is 4.79 Å². The van der Waals surface area contributed by atoms with Crippen LogP contribution in [0.5, 0.6) is 11.5 Å². The lowest BCUT2D eigenvalue weighted by atomic mass is 9.70. The molecule has 0 heterocycles. The van der Waals surface area contributed by atoms with Gasteiger partial charge < -0.3 is 24.8 Å². The number of amides is 2. The molecule has 39 heavy (non-hydrogen) atoms. The minimum atomic E-state index is -4.98. The van der Waals surface area contributed by atoms with Crippen molar-refractivity contribution in [2.75, 3.05) is 26.7 Å². The van der Waals surface area contributed by atoms with Crippen molar-refractivity contribution in [2.45, 2.75) is 24.6 Å². The van der Waals surface area contributed by atoms with Crippen LogP contribution in [0.2, 0.25) is 0 Å². The van der Waals surface area contributed by atoms with Crippen LogP contribution in [-0.4, -0.2) is 55.5 Å². The normalized spacial score (nSPS) is 12.1. The third kappa shape index (κ3) is 8.54. The van der Waals surface area contributed by atoms with Gasteiger partial charge in [0.15, 0.2) is 0 Å². The third-order valence-electron chi connectivity index (χ3n) is 5.91. The molecule has 0 spiro atoms. The van der Waals surface area contributed by atoms with Crippen LogP contribution >= 0.6 is 0 Å². The first-order valence-electron chi connectivity index (χ1n) is 11.7. The Morgan fingerprint density at radius 2 is 1.33 bits per heavy atom. The number of urea groups is 1. The van der Waals surface area contributed by atoms with Gasteiger partial charge in [0.25, 0.3) is 0 Å². The van der Waals surface area contributed by atoms with Crippen LogP contribution in [0.3, 0.4) is 0 Å². The lowest BCUT2D eigenvalue weighted by Crippen LogP contribution is -2.47. The number of nitrogens with zero attached hydrogens (tertiary/aromatic N) is 1. The summed E-state index contributed by atoms with van der Waals surface area (Å²) in [7, 11) is 1.43. The van der Waals surface area contributed by atoms with Crippen molar-refractivity contribution in [3.8, 4) is 11.5 Å². The van der Waals surface area contributed by atoms with Gasteiger partial charge in [0, 0.05) is 25.6 Å². The van der Waals surface area contributed by atoms with E-state index in [1.54, 1.807) is 30.3 Å². The van der Waals surface area contributed by atoms with Crippen molar-refractivity contribution >= 4 is 6.03 Å². The summed E-state index contributed by atoms with van der Waals surface area (Å²) in [6, 6.07) is 18.3. The van der Waals surface area contributed by atoms with Crippen LogP contribution in [0.4, 0.5) is 31.1 Å². The number of hydrogen-bond donors (Lipinski definition) is 2. The van der Waals surface area contributed by atoms with E-state index in [-0.39, 0.29) is 37.2 Å². The van der Waals surface area contributed by atoms with E-state index in [1.165, 1.54) is 36.2 Å². The minimum Gasteiger partial charge on any atom is -0.406 e. The molecule has 0 saturated carbocycles. The van der Waals surface area contributed by atoms with Crippen molar-refractivity contribution in [1.82, 2.24) is 10.2 Å². The van der Waals surface area contributed by atoms with Gasteiger partial charge in [0.1, 0.15) is 11.5 Å². The summed E-state index contributed by atoms with van der Waals surface area (Å²) in [5, 5.41) is 11.9. The number of halogens is 6. The Labute approximate surface area is 220 Å². The number of aliphatic hydroxyl groups is 1. The molecule has 3 aromatic rings. The molecule has 3 rings (SSSR count). The number of carbonyl (C=O) groups excluding carboxylic acids is 1. The van der Waals surface area contributed by atoms with Crippen LogP contribution in [0, 0.1) is 0 Å². The number of alkyl halides is 6. The summed E-state index contributed by atoms with van der Waals surface area (Å²) in [6.45, 7) is -0.546. The molecule has 6 nitrogen and oxygen atoms in total. The van der Waals surface area contributed by atoms with E-state index in [4.69, 9.17) is 0 Å². The molecule has 0 aliphatic heterocycles. The maximum absolute atomic E-state index is 13.0. The zero-order valence-electron chi connectivity index (χ0n) is 20.7. The number of likely N-dealkylation sites (N-methyl/N-ethyl adjacent to an activating group) is 1. The van der Waals surface area contributed by atoms with Crippen molar-refractivity contribution < 1.29 is 45.7 Å². The molecule has 0 unspecified atom stereocenters. The van der Waals surface area contributed by atoms with Gasteiger partial charge in [-0.1, -0.05) is 54.6 Å². The van der Waals surface area contributed by atoms with Crippen LogP contribution in [0.15, 0.2) is 78.9 Å². The summed E-state index contributed by atoms with van der Waals surface area (Å²) >= 11 is 0. The van der Waals surface area contributed by atoms with E-state index in [0.717, 1.165) is 24.3 Å². The predicted molar refractivity (Wildman–Crippen MR) is 130 cm³/mol. The number of nitrogens with one attached hydrogen (secondary N) is 1. The second kappa shape index (κ2) is 12.3. The van der Waals surface area contributed by atoms with Crippen LogP contribution in [0.25, 0.3) is 0 Å². The van der Waals surface area contributed by atoms with Crippen molar-refractivity contribution in [3.05, 3.63) is 95.6 Å². The second-order valence-electron chi connectivity index (χ2n) is 8.70. The summed E-state index contributed by atoms with van der Waals surface area (Å²) in [4.78, 5) is 14.0. The quantitative estimate of drug-likeness (QED) is 0.317. The van der Waals surface area contributed by atoms with Gasteiger partial charge in [0.2, 0.25) is 0 Å². The van der Waals surface area contributed by atoms with E-state index in [0.29, 0.717) is 5.56 Å². The highest BCUT2D eigenvalue weighted by Crippen LogP contribution is 2.39. The molecule has 3 aromatic carbocycles. The molecule has 0 fully saturated rings. The smallest absolute Gasteiger partial charge is 0.406 e. The molecular weight excluding hydrogens is 530 g/mol. The number of carbonyl (C=O) groups is 1. The molecule has 2 amide bonds. The van der Waals surface area contributed by atoms with Gasteiger partial charge in [-0.15, -0.1) is 26.3 Å². The zero-order valence-corrected chi connectivity index (χ0v) is 20.7. The van der Waals surface area contributed by atoms with Crippen molar-refractivity contribution in [1.29, 1.82) is 0 Å². The third-order valence-corrected chi connectivity index (χ3v) is 5.91. The van der Waals surface area contributed by atoms with E-state index in [2.05, 4.69) is 14.8 Å². The fraction of sp³-hybridized carbons (Fsp3) is 0.296. The molecule has 0 atom stereocenters. The first-order chi connectivity index (χ1) is 18.3. The summed E-state index contributed by atoms with van der Waals surface area (Å²) in [5.41, 5.74) is -0.211. The highest BCUT2D eigenvalue weighted by atomic mass is 19.4. The highest BCUT2D eigenvalue weighted by Gasteiger charge is 2.38. The number of ether oxygens (including phenoxy) is 2. The Morgan fingerprint density at radius 1 is 0.821 bits per heavy atom. The first-order valence-corrected chi connectivity index (χ1v) is 11.7. The van der Waals surface area contributed by atoms with Gasteiger partial charge in [0.05, 0.1) is 6.61 Å². The minimum absolute atomic E-state index is 0.00132. The molecule has 0 bridgehead atoms. The maximum atomic E-state index is 13.0. The van der Waals surface area contributed by atoms with E-state index in [9.17, 15) is 36.2 Å². The molecule has 0 aliphatic carbocycles. The highest BCUT2D eigenvalue weighted by molar-refractivity contribution is 5.74. The Balaban J connectivity index is 2.21. The molecule has 12 heteroatoms. The molecular formula is C27H26F6N2O4. The van der Waals surface area contributed by atoms with Crippen molar-refractivity contribution in [3.63, 3.8) is 0 Å². The zero-order chi connectivity index (χ0) is 28.7. The number of rotatable bonds is 10. The fourth-order valence-electron chi connectivity index (χ4n) is 4.18. The monoisotopic (exact) mass is 556 g/mol. The van der Waals surface area contributed by atoms with Crippen molar-refractivity contribution in [2.24, 2.45) is 0 Å². The van der Waals surface area contributed by atoms with E-state index in [1.807, 2.05) is 0 Å². The number of aliphatic hydroxyl groups excluding tert-OH is 1. The van der Waals surface area contributed by atoms with Gasteiger partial charge >= 0.3 is 18.8 Å². The Kier molecular flexibility index (Phi) is 9.33. The topological polar surface area (TPSA) is 71.0 Å². The first kappa shape index (κ1) is 29.6. The lowest BCUT2D eigenvalue weighted by Gasteiger charge is -2.37. The average Bonchev–Trinajstić information content (AvgIpc) is 2.85. The maximum Gasteiger partial charge on any atom is 0.573 e. The van der Waals surface area contributed by atoms with E-state index >= 15 is 0 Å². The summed E-state index contributed by atoms with van der Waals surface area (Å²) in [5.74, 6) is -1.08. The number of benzene rings is 3. The molecule has 2 N–H and O–H groups in total. The summed E-state index contributed by atoms with van der Waals surface area (Å²) < 4.78 is 86.4. The summed E-state index contributed by atoms with van der Waals surface area (Å²) in [6.07, 6.45) is -9.90. The van der Waals surface area contributed by atoms with E-state index < -0.39 is 35.7 Å². The van der Waals surface area contributed by atoms with Crippen LogP contribution < -0.4 is 14.8 Å². The molecule has 0 aromatic heterocycles. The average molecular weight is 557 g/mol.